The predicted octanol–water partition coefficient (Wildman–Crippen LogP) is 0.450. The fourth-order valence-corrected chi connectivity index (χ4v) is 2.21. The third kappa shape index (κ3) is 2.45. The highest BCUT2D eigenvalue weighted by atomic mass is 19.1. The number of nitrogens with one attached hydrogen (secondary N) is 1. The number of halogens is 1. The summed E-state index contributed by atoms with van der Waals surface area (Å²) in [6.45, 7) is 0.0960. The minimum atomic E-state index is -1.28. The van der Waals surface area contributed by atoms with E-state index in [1.165, 1.54) is 13.2 Å². The number of hydrogen-bond acceptors (Lipinski definition) is 3. The molecule has 0 aromatic carbocycles. The van der Waals surface area contributed by atoms with Gasteiger partial charge in [0.15, 0.2) is 0 Å². The lowest BCUT2D eigenvalue weighted by Gasteiger charge is -2.18. The largest absolute Gasteiger partial charge is 0.496 e. The molecule has 5 nitrogen and oxygen atoms in total. The number of carbonyl (C=O) groups excluding carboxylic acids is 1. The minimum absolute atomic E-state index is 0.0960. The topological polar surface area (TPSA) is 75.6 Å². The molecule has 0 aromatic heterocycles. The zero-order valence-corrected chi connectivity index (χ0v) is 10.1. The van der Waals surface area contributed by atoms with E-state index < -0.39 is 35.5 Å². The van der Waals surface area contributed by atoms with Gasteiger partial charge in [0.2, 0.25) is 5.91 Å². The summed E-state index contributed by atoms with van der Waals surface area (Å²) in [5.41, 5.74) is 0. The SMILES string of the molecule is COC1=CC#CC(C2CNC(=O)[C@H]2C(=O)O)C(F)=C1. The summed E-state index contributed by atoms with van der Waals surface area (Å²) < 4.78 is 19.0. The van der Waals surface area contributed by atoms with Gasteiger partial charge in [-0.3, -0.25) is 9.59 Å². The third-order valence-electron chi connectivity index (χ3n) is 3.18. The molecule has 1 heterocycles. The van der Waals surface area contributed by atoms with E-state index in [1.807, 2.05) is 0 Å². The number of hydrogen-bond donors (Lipinski definition) is 2. The highest BCUT2D eigenvalue weighted by Gasteiger charge is 2.45. The lowest BCUT2D eigenvalue weighted by atomic mass is 9.83. The fourth-order valence-electron chi connectivity index (χ4n) is 2.21. The molecule has 0 aromatic rings. The van der Waals surface area contributed by atoms with Gasteiger partial charge in [0.1, 0.15) is 17.5 Å². The van der Waals surface area contributed by atoms with Crippen LogP contribution in [0.3, 0.4) is 0 Å². The Kier molecular flexibility index (Phi) is 3.56. The lowest BCUT2D eigenvalue weighted by molar-refractivity contribution is -0.147. The van der Waals surface area contributed by atoms with Gasteiger partial charge in [0.05, 0.1) is 13.0 Å². The first-order chi connectivity index (χ1) is 9.04. The number of allylic oxidation sites excluding steroid dienone is 3. The maximum atomic E-state index is 14.1. The normalized spacial score (nSPS) is 29.4. The summed E-state index contributed by atoms with van der Waals surface area (Å²) in [5, 5.41) is 11.5. The molecule has 2 rings (SSSR count). The lowest BCUT2D eigenvalue weighted by Crippen LogP contribution is -2.30. The Balaban J connectivity index is 2.30. The average Bonchev–Trinajstić information content (AvgIpc) is 2.63. The smallest absolute Gasteiger partial charge is 0.316 e. The zero-order valence-electron chi connectivity index (χ0n) is 10.1. The van der Waals surface area contributed by atoms with E-state index >= 15 is 0 Å². The van der Waals surface area contributed by atoms with Crippen molar-refractivity contribution in [2.45, 2.75) is 0 Å². The van der Waals surface area contributed by atoms with Gasteiger partial charge in [-0.1, -0.05) is 11.8 Å². The molecule has 3 atom stereocenters. The molecule has 0 bridgehead atoms. The summed E-state index contributed by atoms with van der Waals surface area (Å²) >= 11 is 0. The van der Waals surface area contributed by atoms with Crippen LogP contribution in [0.4, 0.5) is 4.39 Å². The zero-order chi connectivity index (χ0) is 14.0. The predicted molar refractivity (Wildman–Crippen MR) is 63.2 cm³/mol. The van der Waals surface area contributed by atoms with Crippen molar-refractivity contribution in [3.8, 4) is 11.8 Å². The van der Waals surface area contributed by atoms with E-state index in [0.717, 1.165) is 6.08 Å². The van der Waals surface area contributed by atoms with Crippen LogP contribution in [0, 0.1) is 29.6 Å². The quantitative estimate of drug-likeness (QED) is 0.574. The van der Waals surface area contributed by atoms with Crippen molar-refractivity contribution in [1.82, 2.24) is 5.32 Å². The Labute approximate surface area is 109 Å². The van der Waals surface area contributed by atoms with Crippen molar-refractivity contribution in [1.29, 1.82) is 0 Å². The molecule has 1 aliphatic heterocycles. The summed E-state index contributed by atoms with van der Waals surface area (Å²) in [7, 11) is 1.39. The molecule has 1 aliphatic carbocycles. The molecule has 1 saturated heterocycles. The number of ether oxygens (including phenoxy) is 1. The Morgan fingerprint density at radius 2 is 2.37 bits per heavy atom. The van der Waals surface area contributed by atoms with Crippen LogP contribution >= 0.6 is 0 Å². The van der Waals surface area contributed by atoms with Crippen molar-refractivity contribution in [2.75, 3.05) is 13.7 Å². The minimum Gasteiger partial charge on any atom is -0.496 e. The molecule has 0 saturated carbocycles. The van der Waals surface area contributed by atoms with E-state index in [2.05, 4.69) is 17.2 Å². The number of amides is 1. The van der Waals surface area contributed by atoms with Crippen LogP contribution in [0.5, 0.6) is 0 Å². The van der Waals surface area contributed by atoms with E-state index in [1.54, 1.807) is 0 Å². The van der Waals surface area contributed by atoms with Gasteiger partial charge in [0, 0.05) is 24.6 Å². The highest BCUT2D eigenvalue weighted by molar-refractivity contribution is 5.99. The van der Waals surface area contributed by atoms with Crippen LogP contribution in [-0.2, 0) is 14.3 Å². The van der Waals surface area contributed by atoms with Crippen molar-refractivity contribution >= 4 is 11.9 Å². The van der Waals surface area contributed by atoms with Crippen molar-refractivity contribution in [2.24, 2.45) is 17.8 Å². The number of aliphatic carboxylic acids is 1. The maximum absolute atomic E-state index is 14.1. The number of carboxylic acid groups (broad SMARTS) is 1. The van der Waals surface area contributed by atoms with Crippen LogP contribution in [0.25, 0.3) is 0 Å². The second-order valence-electron chi connectivity index (χ2n) is 4.27. The highest BCUT2D eigenvalue weighted by Crippen LogP contribution is 2.32. The van der Waals surface area contributed by atoms with Crippen LogP contribution < -0.4 is 5.32 Å². The molecule has 1 fully saturated rings. The molecule has 0 radical (unpaired) electrons. The maximum Gasteiger partial charge on any atom is 0.316 e. The summed E-state index contributed by atoms with van der Waals surface area (Å²) in [6, 6.07) is 0. The third-order valence-corrected chi connectivity index (χ3v) is 3.18. The summed E-state index contributed by atoms with van der Waals surface area (Å²) in [5.74, 6) is 0.134. The number of carboxylic acids is 1. The first-order valence-electron chi connectivity index (χ1n) is 5.67. The van der Waals surface area contributed by atoms with Gasteiger partial charge in [-0.05, 0) is 0 Å². The van der Waals surface area contributed by atoms with Gasteiger partial charge in [-0.2, -0.15) is 0 Å². The number of rotatable bonds is 3. The van der Waals surface area contributed by atoms with Gasteiger partial charge < -0.3 is 15.2 Å². The number of carbonyl (C=O) groups is 2. The molecule has 0 spiro atoms. The second-order valence-corrected chi connectivity index (χ2v) is 4.27. The fraction of sp³-hybridized carbons (Fsp3) is 0.385. The van der Waals surface area contributed by atoms with E-state index in [-0.39, 0.29) is 12.3 Å². The van der Waals surface area contributed by atoms with Crippen molar-refractivity contribution < 1.29 is 23.8 Å². The molecular formula is C13H12FNO4. The van der Waals surface area contributed by atoms with Gasteiger partial charge in [0.25, 0.3) is 0 Å². The molecular weight excluding hydrogens is 253 g/mol. The standard InChI is InChI=1S/C13H12FNO4/c1-19-7-3-2-4-8(10(14)5-7)9-6-15-12(16)11(9)13(17)18/h3,5,8-9,11H,6H2,1H3,(H,15,16)(H,17,18)/t8?,9?,11-/m0/s1. The number of methoxy groups -OCH3 is 1. The van der Waals surface area contributed by atoms with E-state index in [0.29, 0.717) is 0 Å². The average molecular weight is 265 g/mol. The first-order valence-corrected chi connectivity index (χ1v) is 5.67. The van der Waals surface area contributed by atoms with E-state index in [4.69, 9.17) is 9.84 Å². The van der Waals surface area contributed by atoms with Gasteiger partial charge in [-0.15, -0.1) is 0 Å². The van der Waals surface area contributed by atoms with Crippen LogP contribution in [0.2, 0.25) is 0 Å². The van der Waals surface area contributed by atoms with Crippen LogP contribution in [0.15, 0.2) is 23.7 Å². The molecule has 6 heteroatoms. The summed E-state index contributed by atoms with van der Waals surface area (Å²) in [4.78, 5) is 22.6. The second kappa shape index (κ2) is 5.14. The molecule has 2 aliphatic rings. The monoisotopic (exact) mass is 265 g/mol. The van der Waals surface area contributed by atoms with Crippen molar-refractivity contribution in [3.05, 3.63) is 23.7 Å². The molecule has 19 heavy (non-hydrogen) atoms. The Morgan fingerprint density at radius 3 is 3.00 bits per heavy atom. The Bertz CT molecular complexity index is 541. The molecule has 2 N–H and O–H groups in total. The molecule has 2 unspecified atom stereocenters. The molecule has 100 valence electrons. The summed E-state index contributed by atoms with van der Waals surface area (Å²) in [6.07, 6.45) is 2.55. The van der Waals surface area contributed by atoms with Crippen LogP contribution in [-0.4, -0.2) is 30.6 Å². The van der Waals surface area contributed by atoms with Gasteiger partial charge >= 0.3 is 5.97 Å². The van der Waals surface area contributed by atoms with E-state index in [9.17, 15) is 14.0 Å². The van der Waals surface area contributed by atoms with Crippen LogP contribution in [0.1, 0.15) is 0 Å². The van der Waals surface area contributed by atoms with Gasteiger partial charge in [-0.25, -0.2) is 4.39 Å². The Hall–Kier alpha value is -2.29. The first kappa shape index (κ1) is 13.1. The molecule has 1 amide bonds. The van der Waals surface area contributed by atoms with Crippen molar-refractivity contribution in [3.63, 3.8) is 0 Å². The Morgan fingerprint density at radius 1 is 1.63 bits per heavy atom.